The number of hydrogen-bond acceptors (Lipinski definition) is 3. The van der Waals surface area contributed by atoms with Crippen molar-refractivity contribution in [3.8, 4) is 0 Å². The van der Waals surface area contributed by atoms with Gasteiger partial charge < -0.3 is 16.0 Å². The second kappa shape index (κ2) is 6.00. The molecule has 0 fully saturated rings. The molecule has 1 unspecified atom stereocenters. The molecule has 0 radical (unpaired) electrons. The van der Waals surface area contributed by atoms with Crippen molar-refractivity contribution < 1.29 is 4.79 Å². The highest BCUT2D eigenvalue weighted by Gasteiger charge is 2.22. The monoisotopic (exact) mass is 320 g/mol. The topological polar surface area (TPSA) is 83.8 Å². The molecule has 122 valence electrons. The number of benzene rings is 1. The van der Waals surface area contributed by atoms with Gasteiger partial charge in [0.05, 0.1) is 12.5 Å². The summed E-state index contributed by atoms with van der Waals surface area (Å²) in [4.78, 5) is 19.9. The molecule has 4 N–H and O–H groups in total. The highest BCUT2D eigenvalue weighted by molar-refractivity contribution is 5.87. The molecule has 2 aromatic heterocycles. The molecule has 2 heterocycles. The Hall–Kier alpha value is -2.82. The lowest BCUT2D eigenvalue weighted by molar-refractivity contribution is -0.121. The lowest BCUT2D eigenvalue weighted by atomic mass is 9.87. The van der Waals surface area contributed by atoms with Gasteiger partial charge in [-0.2, -0.15) is 0 Å². The highest BCUT2D eigenvalue weighted by atomic mass is 16.1. The molecular weight excluding hydrogens is 300 g/mol. The van der Waals surface area contributed by atoms with Crippen LogP contribution in [0.5, 0.6) is 0 Å². The van der Waals surface area contributed by atoms with E-state index in [-0.39, 0.29) is 11.9 Å². The zero-order chi connectivity index (χ0) is 16.5. The first-order valence-electron chi connectivity index (χ1n) is 8.29. The molecule has 0 saturated heterocycles. The van der Waals surface area contributed by atoms with E-state index in [0.29, 0.717) is 6.42 Å². The summed E-state index contributed by atoms with van der Waals surface area (Å²) in [6, 6.07) is 9.93. The molecule has 4 rings (SSSR count). The van der Waals surface area contributed by atoms with Crippen LogP contribution in [-0.2, 0) is 17.6 Å². The van der Waals surface area contributed by atoms with Crippen molar-refractivity contribution in [1.29, 1.82) is 0 Å². The van der Waals surface area contributed by atoms with E-state index in [1.54, 1.807) is 6.20 Å². The minimum Gasteiger partial charge on any atom is -0.399 e. The van der Waals surface area contributed by atoms with Crippen LogP contribution in [0.15, 0.2) is 42.7 Å². The Morgan fingerprint density at radius 1 is 1.38 bits per heavy atom. The largest absolute Gasteiger partial charge is 0.399 e. The van der Waals surface area contributed by atoms with Crippen molar-refractivity contribution in [1.82, 2.24) is 15.3 Å². The van der Waals surface area contributed by atoms with Gasteiger partial charge in [-0.3, -0.25) is 4.79 Å². The minimum absolute atomic E-state index is 0.0365. The molecule has 5 heteroatoms. The third-order valence-corrected chi connectivity index (χ3v) is 4.70. The molecule has 24 heavy (non-hydrogen) atoms. The quantitative estimate of drug-likeness (QED) is 0.649. The SMILES string of the molecule is Nc1ccc2c(c1)CCCC2NC(=O)Cc1c[nH]c2ncccc12. The van der Waals surface area contributed by atoms with Gasteiger partial charge in [0, 0.05) is 23.5 Å². The summed E-state index contributed by atoms with van der Waals surface area (Å²) in [7, 11) is 0. The lowest BCUT2D eigenvalue weighted by Gasteiger charge is -2.26. The maximum absolute atomic E-state index is 12.5. The summed E-state index contributed by atoms with van der Waals surface area (Å²) in [6.07, 6.45) is 7.03. The molecular formula is C19H20N4O. The maximum Gasteiger partial charge on any atom is 0.224 e. The summed E-state index contributed by atoms with van der Waals surface area (Å²) in [6.45, 7) is 0. The first kappa shape index (κ1) is 14.8. The number of nitrogen functional groups attached to an aromatic ring is 1. The average molecular weight is 320 g/mol. The Morgan fingerprint density at radius 2 is 2.29 bits per heavy atom. The number of amides is 1. The van der Waals surface area contributed by atoms with Crippen molar-refractivity contribution in [3.05, 3.63) is 59.4 Å². The maximum atomic E-state index is 12.5. The molecule has 0 spiro atoms. The van der Waals surface area contributed by atoms with Crippen molar-refractivity contribution in [2.75, 3.05) is 5.73 Å². The molecule has 1 aliphatic carbocycles. The van der Waals surface area contributed by atoms with Crippen LogP contribution in [0.25, 0.3) is 11.0 Å². The van der Waals surface area contributed by atoms with Gasteiger partial charge >= 0.3 is 0 Å². The number of nitrogens with zero attached hydrogens (tertiary/aromatic N) is 1. The van der Waals surface area contributed by atoms with Crippen molar-refractivity contribution >= 4 is 22.6 Å². The van der Waals surface area contributed by atoms with Crippen LogP contribution >= 0.6 is 0 Å². The standard InChI is InChI=1S/C19H20N4O/c20-14-6-7-15-12(9-14)3-1-5-17(15)23-18(24)10-13-11-22-19-16(13)4-2-8-21-19/h2,4,6-9,11,17H,1,3,5,10,20H2,(H,21,22)(H,23,24). The Morgan fingerprint density at radius 3 is 3.21 bits per heavy atom. The van der Waals surface area contributed by atoms with Crippen LogP contribution in [-0.4, -0.2) is 15.9 Å². The number of carbonyl (C=O) groups is 1. The van der Waals surface area contributed by atoms with E-state index in [1.165, 1.54) is 11.1 Å². The number of aromatic nitrogens is 2. The number of carbonyl (C=O) groups excluding carboxylic acids is 1. The Bertz CT molecular complexity index is 899. The van der Waals surface area contributed by atoms with Crippen molar-refractivity contribution in [3.63, 3.8) is 0 Å². The van der Waals surface area contributed by atoms with Crippen molar-refractivity contribution in [2.24, 2.45) is 0 Å². The van der Waals surface area contributed by atoms with Gasteiger partial charge in [-0.1, -0.05) is 6.07 Å². The lowest BCUT2D eigenvalue weighted by Crippen LogP contribution is -2.32. The van der Waals surface area contributed by atoms with Gasteiger partial charge in [0.25, 0.3) is 0 Å². The average Bonchev–Trinajstić information content (AvgIpc) is 2.98. The van der Waals surface area contributed by atoms with E-state index in [1.807, 2.05) is 36.5 Å². The van der Waals surface area contributed by atoms with Gasteiger partial charge in [0.1, 0.15) is 5.65 Å². The Balaban J connectivity index is 1.51. The van der Waals surface area contributed by atoms with E-state index in [4.69, 9.17) is 5.73 Å². The summed E-state index contributed by atoms with van der Waals surface area (Å²) in [5.74, 6) is 0.0365. The summed E-state index contributed by atoms with van der Waals surface area (Å²) in [5, 5.41) is 4.19. The van der Waals surface area contributed by atoms with E-state index < -0.39 is 0 Å². The van der Waals surface area contributed by atoms with Gasteiger partial charge in [-0.15, -0.1) is 0 Å². The third-order valence-electron chi connectivity index (χ3n) is 4.70. The van der Waals surface area contributed by atoms with Crippen LogP contribution in [0.4, 0.5) is 5.69 Å². The third kappa shape index (κ3) is 2.73. The number of aryl methyl sites for hydroxylation is 1. The number of anilines is 1. The van der Waals surface area contributed by atoms with E-state index >= 15 is 0 Å². The minimum atomic E-state index is 0.0365. The van der Waals surface area contributed by atoms with Crippen LogP contribution in [0.2, 0.25) is 0 Å². The van der Waals surface area contributed by atoms with Gasteiger partial charge in [-0.25, -0.2) is 4.98 Å². The van der Waals surface area contributed by atoms with Crippen LogP contribution in [0, 0.1) is 0 Å². The number of fused-ring (bicyclic) bond motifs is 2. The molecule has 1 aliphatic rings. The van der Waals surface area contributed by atoms with Crippen LogP contribution < -0.4 is 11.1 Å². The van der Waals surface area contributed by atoms with Crippen LogP contribution in [0.1, 0.15) is 35.6 Å². The summed E-state index contributed by atoms with van der Waals surface area (Å²) in [5.41, 5.74) is 10.9. The molecule has 1 atom stereocenters. The number of rotatable bonds is 3. The fourth-order valence-corrected chi connectivity index (χ4v) is 3.56. The number of H-pyrrole nitrogens is 1. The first-order chi connectivity index (χ1) is 11.7. The van der Waals surface area contributed by atoms with Gasteiger partial charge in [-0.05, 0) is 60.2 Å². The van der Waals surface area contributed by atoms with Gasteiger partial charge in [0.2, 0.25) is 5.91 Å². The predicted octanol–water partition coefficient (Wildman–Crippen LogP) is 2.88. The first-order valence-corrected chi connectivity index (χ1v) is 8.29. The van der Waals surface area contributed by atoms with E-state index in [0.717, 1.165) is 41.5 Å². The molecule has 1 amide bonds. The van der Waals surface area contributed by atoms with Crippen LogP contribution in [0.3, 0.4) is 0 Å². The van der Waals surface area contributed by atoms with Crippen molar-refractivity contribution in [2.45, 2.75) is 31.7 Å². The fraction of sp³-hybridized carbons (Fsp3) is 0.263. The molecule has 1 aromatic carbocycles. The van der Waals surface area contributed by atoms with E-state index in [2.05, 4.69) is 15.3 Å². The number of nitrogens with one attached hydrogen (secondary N) is 2. The summed E-state index contributed by atoms with van der Waals surface area (Å²) >= 11 is 0. The summed E-state index contributed by atoms with van der Waals surface area (Å²) < 4.78 is 0. The molecule has 5 nitrogen and oxygen atoms in total. The number of aromatic amines is 1. The highest BCUT2D eigenvalue weighted by Crippen LogP contribution is 2.31. The predicted molar refractivity (Wildman–Crippen MR) is 94.5 cm³/mol. The fourth-order valence-electron chi connectivity index (χ4n) is 3.56. The molecule has 0 bridgehead atoms. The molecule has 0 aliphatic heterocycles. The smallest absolute Gasteiger partial charge is 0.224 e. The van der Waals surface area contributed by atoms with Gasteiger partial charge in [0.15, 0.2) is 0 Å². The zero-order valence-electron chi connectivity index (χ0n) is 13.4. The second-order valence-corrected chi connectivity index (χ2v) is 6.36. The number of hydrogen-bond donors (Lipinski definition) is 3. The van der Waals surface area contributed by atoms with E-state index in [9.17, 15) is 4.79 Å². The molecule has 0 saturated carbocycles. The number of pyridine rings is 1. The Labute approximate surface area is 140 Å². The number of nitrogens with two attached hydrogens (primary N) is 1. The molecule has 3 aromatic rings. The zero-order valence-corrected chi connectivity index (χ0v) is 13.4. The second-order valence-electron chi connectivity index (χ2n) is 6.36. The normalized spacial score (nSPS) is 16.8. The Kier molecular flexibility index (Phi) is 3.69.